The summed E-state index contributed by atoms with van der Waals surface area (Å²) in [5, 5.41) is 0. The molecule has 0 saturated carbocycles. The van der Waals surface area contributed by atoms with Crippen molar-refractivity contribution in [3.8, 4) is 0 Å². The zero-order valence-corrected chi connectivity index (χ0v) is 6.84. The topological polar surface area (TPSA) is 52.3 Å². The molecule has 3 heteroatoms. The van der Waals surface area contributed by atoms with Gasteiger partial charge in [0.05, 0.1) is 7.11 Å². The predicted octanol–water partition coefficient (Wildman–Crippen LogP) is 1.23. The zero-order chi connectivity index (χ0) is 8.53. The fraction of sp³-hybridized carbons (Fsp3) is 0.750. The van der Waals surface area contributed by atoms with Crippen molar-refractivity contribution in [3.05, 3.63) is 7.11 Å². The third-order valence-electron chi connectivity index (χ3n) is 1.46. The van der Waals surface area contributed by atoms with Crippen molar-refractivity contribution in [3.63, 3.8) is 0 Å². The third-order valence-corrected chi connectivity index (χ3v) is 1.46. The monoisotopic (exact) mass is 158 g/mol. The van der Waals surface area contributed by atoms with Gasteiger partial charge in [0.25, 0.3) is 0 Å². The summed E-state index contributed by atoms with van der Waals surface area (Å²) in [5.41, 5.74) is 4.96. The highest BCUT2D eigenvalue weighted by Crippen LogP contribution is 2.02. The van der Waals surface area contributed by atoms with Gasteiger partial charge in [-0.15, -0.1) is 0 Å². The van der Waals surface area contributed by atoms with Crippen LogP contribution in [-0.2, 0) is 9.53 Å². The van der Waals surface area contributed by atoms with E-state index in [4.69, 9.17) is 5.73 Å². The maximum atomic E-state index is 10.3. The summed E-state index contributed by atoms with van der Waals surface area (Å²) < 4.78 is 4.63. The number of carbonyl (C=O) groups is 1. The van der Waals surface area contributed by atoms with E-state index in [1.54, 1.807) is 0 Å². The Bertz CT molecular complexity index is 104. The smallest absolute Gasteiger partial charge is 0.217 e. The molecule has 0 atom stereocenters. The van der Waals surface area contributed by atoms with Crippen molar-refractivity contribution in [2.24, 2.45) is 5.73 Å². The zero-order valence-electron chi connectivity index (χ0n) is 6.84. The van der Waals surface area contributed by atoms with Crippen LogP contribution in [0.3, 0.4) is 0 Å². The molecule has 0 unspecified atom stereocenters. The van der Waals surface area contributed by atoms with E-state index in [2.05, 4.69) is 11.8 Å². The number of carbonyl (C=O) groups excluding carboxylic acids is 1. The van der Waals surface area contributed by atoms with Crippen molar-refractivity contribution >= 4 is 5.91 Å². The number of primary amides is 1. The van der Waals surface area contributed by atoms with Crippen molar-refractivity contribution in [2.45, 2.75) is 32.1 Å². The van der Waals surface area contributed by atoms with Crippen LogP contribution in [0, 0.1) is 7.11 Å². The second-order valence-corrected chi connectivity index (χ2v) is 2.54. The molecule has 0 heterocycles. The van der Waals surface area contributed by atoms with Gasteiger partial charge < -0.3 is 10.5 Å². The number of unbranched alkanes of at least 4 members (excludes halogenated alkanes) is 3. The molecular weight excluding hydrogens is 142 g/mol. The number of hydrogen-bond donors (Lipinski definition) is 1. The van der Waals surface area contributed by atoms with Gasteiger partial charge in [-0.2, -0.15) is 0 Å². The Morgan fingerprint density at radius 3 is 2.45 bits per heavy atom. The molecule has 65 valence electrons. The molecule has 1 amide bonds. The van der Waals surface area contributed by atoms with Crippen molar-refractivity contribution < 1.29 is 9.53 Å². The summed E-state index contributed by atoms with van der Waals surface area (Å²) in [5.74, 6) is -0.210. The Kier molecular flexibility index (Phi) is 7.15. The Morgan fingerprint density at radius 2 is 1.91 bits per heavy atom. The van der Waals surface area contributed by atoms with Crippen LogP contribution in [0.5, 0.6) is 0 Å². The Morgan fingerprint density at radius 1 is 1.27 bits per heavy atom. The Balaban J connectivity index is 2.85. The van der Waals surface area contributed by atoms with Crippen LogP contribution in [0.4, 0.5) is 0 Å². The van der Waals surface area contributed by atoms with Gasteiger partial charge in [0.1, 0.15) is 0 Å². The quantitative estimate of drug-likeness (QED) is 0.566. The first-order chi connectivity index (χ1) is 5.27. The molecule has 0 spiro atoms. The first-order valence-corrected chi connectivity index (χ1v) is 3.92. The normalized spacial score (nSPS) is 9.91. The lowest BCUT2D eigenvalue weighted by atomic mass is 10.1. The van der Waals surface area contributed by atoms with Crippen molar-refractivity contribution in [1.29, 1.82) is 0 Å². The average molecular weight is 158 g/mol. The number of hydrogen-bond acceptors (Lipinski definition) is 2. The second-order valence-electron chi connectivity index (χ2n) is 2.54. The lowest BCUT2D eigenvalue weighted by Gasteiger charge is -1.98. The highest BCUT2D eigenvalue weighted by molar-refractivity contribution is 5.73. The number of amides is 1. The Hall–Kier alpha value is -0.570. The minimum Gasteiger partial charge on any atom is -0.379 e. The standard InChI is InChI=1S/C8H16NO2/c1-11-7-5-3-2-4-6-8(9)10/h1-7H2,(H2,9,10). The highest BCUT2D eigenvalue weighted by Gasteiger charge is 1.93. The van der Waals surface area contributed by atoms with Gasteiger partial charge in [-0.25, -0.2) is 0 Å². The largest absolute Gasteiger partial charge is 0.379 e. The van der Waals surface area contributed by atoms with Crippen LogP contribution in [-0.4, -0.2) is 12.5 Å². The average Bonchev–Trinajstić information content (AvgIpc) is 1.96. The minimum atomic E-state index is -0.210. The summed E-state index contributed by atoms with van der Waals surface area (Å²) >= 11 is 0. The summed E-state index contributed by atoms with van der Waals surface area (Å²) in [6.45, 7) is 0.705. The molecule has 0 rings (SSSR count). The SMILES string of the molecule is [CH2]OCCCCCCC(N)=O. The molecule has 0 aromatic rings. The van der Waals surface area contributed by atoms with E-state index >= 15 is 0 Å². The van der Waals surface area contributed by atoms with Crippen LogP contribution >= 0.6 is 0 Å². The molecule has 1 radical (unpaired) electrons. The molecule has 0 bridgehead atoms. The summed E-state index contributed by atoms with van der Waals surface area (Å²) in [4.78, 5) is 10.3. The van der Waals surface area contributed by atoms with E-state index < -0.39 is 0 Å². The minimum absolute atomic E-state index is 0.210. The van der Waals surface area contributed by atoms with Gasteiger partial charge in [-0.3, -0.25) is 4.79 Å². The molecule has 0 aliphatic carbocycles. The van der Waals surface area contributed by atoms with Crippen LogP contribution in [0.25, 0.3) is 0 Å². The van der Waals surface area contributed by atoms with Crippen LogP contribution in [0.2, 0.25) is 0 Å². The fourth-order valence-corrected chi connectivity index (χ4v) is 0.857. The number of nitrogens with two attached hydrogens (primary N) is 1. The van der Waals surface area contributed by atoms with Crippen LogP contribution < -0.4 is 5.73 Å². The van der Waals surface area contributed by atoms with E-state index in [0.717, 1.165) is 25.7 Å². The summed E-state index contributed by atoms with van der Waals surface area (Å²) in [7, 11) is 3.26. The maximum Gasteiger partial charge on any atom is 0.217 e. The van der Waals surface area contributed by atoms with Gasteiger partial charge in [-0.05, 0) is 12.8 Å². The van der Waals surface area contributed by atoms with Crippen molar-refractivity contribution in [2.75, 3.05) is 6.61 Å². The number of ether oxygens (including phenoxy) is 1. The molecule has 0 aromatic carbocycles. The highest BCUT2D eigenvalue weighted by atomic mass is 16.5. The summed E-state index contributed by atoms with van der Waals surface area (Å²) in [6, 6.07) is 0. The van der Waals surface area contributed by atoms with Crippen molar-refractivity contribution in [1.82, 2.24) is 0 Å². The maximum absolute atomic E-state index is 10.3. The molecule has 0 aliphatic heterocycles. The molecule has 0 aromatic heterocycles. The molecule has 11 heavy (non-hydrogen) atoms. The van der Waals surface area contributed by atoms with Crippen LogP contribution in [0.15, 0.2) is 0 Å². The van der Waals surface area contributed by atoms with E-state index in [0.29, 0.717) is 13.0 Å². The van der Waals surface area contributed by atoms with E-state index in [9.17, 15) is 4.79 Å². The van der Waals surface area contributed by atoms with Gasteiger partial charge in [0, 0.05) is 13.0 Å². The lowest BCUT2D eigenvalue weighted by molar-refractivity contribution is -0.118. The number of rotatable bonds is 7. The summed E-state index contributed by atoms with van der Waals surface area (Å²) in [6.07, 6.45) is 4.55. The van der Waals surface area contributed by atoms with E-state index in [1.165, 1.54) is 0 Å². The second kappa shape index (κ2) is 7.54. The van der Waals surface area contributed by atoms with Crippen LogP contribution in [0.1, 0.15) is 32.1 Å². The van der Waals surface area contributed by atoms with E-state index in [1.807, 2.05) is 0 Å². The van der Waals surface area contributed by atoms with Gasteiger partial charge in [0.15, 0.2) is 0 Å². The van der Waals surface area contributed by atoms with Gasteiger partial charge >= 0.3 is 0 Å². The molecule has 0 aliphatic rings. The Labute approximate surface area is 67.9 Å². The first kappa shape index (κ1) is 10.4. The van der Waals surface area contributed by atoms with E-state index in [-0.39, 0.29) is 5.91 Å². The molecule has 0 fully saturated rings. The molecule has 3 nitrogen and oxygen atoms in total. The van der Waals surface area contributed by atoms with Gasteiger partial charge in [-0.1, -0.05) is 12.8 Å². The predicted molar refractivity (Wildman–Crippen MR) is 43.6 cm³/mol. The molecular formula is C8H16NO2. The lowest BCUT2D eigenvalue weighted by Crippen LogP contribution is -2.09. The fourth-order valence-electron chi connectivity index (χ4n) is 0.857. The molecule has 2 N–H and O–H groups in total. The third kappa shape index (κ3) is 9.43. The first-order valence-electron chi connectivity index (χ1n) is 3.92. The van der Waals surface area contributed by atoms with Gasteiger partial charge in [0.2, 0.25) is 5.91 Å². The molecule has 0 saturated heterocycles.